The van der Waals surface area contributed by atoms with Crippen molar-refractivity contribution in [3.8, 4) is 0 Å². The molecule has 5 rings (SSSR count). The highest BCUT2D eigenvalue weighted by molar-refractivity contribution is 6.05. The third-order valence-electron chi connectivity index (χ3n) is 6.41. The van der Waals surface area contributed by atoms with Crippen LogP contribution in [0.25, 0.3) is 0 Å². The SMILES string of the molecule is Nc1cccc(C2(NCc3ccc4c(c3)CN(C3CCC(=O)NC3=O)C4=O)CC2)c1. The van der Waals surface area contributed by atoms with Crippen LogP contribution in [-0.2, 0) is 28.2 Å². The fraction of sp³-hybridized carbons (Fsp3) is 0.348. The summed E-state index contributed by atoms with van der Waals surface area (Å²) >= 11 is 0. The molecule has 154 valence electrons. The number of piperidine rings is 1. The number of imide groups is 1. The number of anilines is 1. The minimum atomic E-state index is -0.581. The zero-order chi connectivity index (χ0) is 20.9. The van der Waals surface area contributed by atoms with Gasteiger partial charge in [-0.2, -0.15) is 0 Å². The van der Waals surface area contributed by atoms with Crippen LogP contribution < -0.4 is 16.4 Å². The highest BCUT2D eigenvalue weighted by Gasteiger charge is 2.44. The van der Waals surface area contributed by atoms with Crippen LogP contribution in [0.15, 0.2) is 42.5 Å². The normalized spacial score (nSPS) is 22.1. The van der Waals surface area contributed by atoms with Crippen molar-refractivity contribution in [2.75, 3.05) is 5.73 Å². The van der Waals surface area contributed by atoms with E-state index in [9.17, 15) is 14.4 Å². The van der Waals surface area contributed by atoms with E-state index in [1.54, 1.807) is 4.90 Å². The van der Waals surface area contributed by atoms with Crippen LogP contribution in [0.2, 0.25) is 0 Å². The summed E-state index contributed by atoms with van der Waals surface area (Å²) in [7, 11) is 0. The molecule has 30 heavy (non-hydrogen) atoms. The highest BCUT2D eigenvalue weighted by atomic mass is 16.2. The Kier molecular flexibility index (Phi) is 4.36. The number of nitrogen functional groups attached to an aromatic ring is 1. The predicted molar refractivity (Wildman–Crippen MR) is 111 cm³/mol. The van der Waals surface area contributed by atoms with Crippen molar-refractivity contribution in [3.05, 3.63) is 64.7 Å². The summed E-state index contributed by atoms with van der Waals surface area (Å²) in [6, 6.07) is 13.3. The van der Waals surface area contributed by atoms with Gasteiger partial charge in [0.2, 0.25) is 11.8 Å². The highest BCUT2D eigenvalue weighted by Crippen LogP contribution is 2.46. The minimum absolute atomic E-state index is 0.0248. The molecule has 1 aliphatic carbocycles. The lowest BCUT2D eigenvalue weighted by atomic mass is 10.0. The minimum Gasteiger partial charge on any atom is -0.399 e. The second-order valence-electron chi connectivity index (χ2n) is 8.45. The molecule has 2 fully saturated rings. The summed E-state index contributed by atoms with van der Waals surface area (Å²) in [6.07, 6.45) is 2.78. The molecular formula is C23H24N4O3. The quantitative estimate of drug-likeness (QED) is 0.521. The Labute approximate surface area is 174 Å². The Bertz CT molecular complexity index is 1060. The largest absolute Gasteiger partial charge is 0.399 e. The van der Waals surface area contributed by atoms with Gasteiger partial charge in [-0.25, -0.2) is 0 Å². The molecule has 1 saturated carbocycles. The summed E-state index contributed by atoms with van der Waals surface area (Å²) in [6.45, 7) is 1.09. The summed E-state index contributed by atoms with van der Waals surface area (Å²) < 4.78 is 0. The Hall–Kier alpha value is -3.19. The van der Waals surface area contributed by atoms with Gasteiger partial charge >= 0.3 is 0 Å². The molecule has 2 aromatic carbocycles. The second-order valence-corrected chi connectivity index (χ2v) is 8.45. The number of hydrogen-bond donors (Lipinski definition) is 3. The number of amides is 3. The standard InChI is InChI=1S/C23H24N4O3/c24-17-3-1-2-16(11-17)23(8-9-23)25-12-14-4-5-18-15(10-14)13-27(22(18)30)19-6-7-20(28)26-21(19)29/h1-5,10-11,19,25H,6-9,12-13,24H2,(H,26,28,29). The third kappa shape index (κ3) is 3.25. The monoisotopic (exact) mass is 404 g/mol. The Morgan fingerprint density at radius 2 is 1.97 bits per heavy atom. The van der Waals surface area contributed by atoms with Gasteiger partial charge in [-0.15, -0.1) is 0 Å². The smallest absolute Gasteiger partial charge is 0.255 e. The fourth-order valence-corrected chi connectivity index (χ4v) is 4.54. The molecule has 1 atom stereocenters. The Morgan fingerprint density at radius 1 is 1.13 bits per heavy atom. The number of rotatable bonds is 5. The average Bonchev–Trinajstić information content (AvgIpc) is 3.45. The van der Waals surface area contributed by atoms with Crippen molar-refractivity contribution in [2.45, 2.75) is 50.4 Å². The summed E-state index contributed by atoms with van der Waals surface area (Å²) in [5.41, 5.74) is 10.6. The van der Waals surface area contributed by atoms with Gasteiger partial charge in [0.15, 0.2) is 0 Å². The van der Waals surface area contributed by atoms with Gasteiger partial charge in [-0.3, -0.25) is 19.7 Å². The van der Waals surface area contributed by atoms with Gasteiger partial charge in [-0.1, -0.05) is 24.3 Å². The van der Waals surface area contributed by atoms with E-state index in [2.05, 4.69) is 16.7 Å². The molecule has 2 aromatic rings. The first-order valence-electron chi connectivity index (χ1n) is 10.3. The van der Waals surface area contributed by atoms with Gasteiger partial charge in [0.1, 0.15) is 6.04 Å². The van der Waals surface area contributed by atoms with Crippen LogP contribution in [0.4, 0.5) is 5.69 Å². The van der Waals surface area contributed by atoms with Crippen molar-refractivity contribution >= 4 is 23.4 Å². The predicted octanol–water partition coefficient (Wildman–Crippen LogP) is 1.81. The zero-order valence-corrected chi connectivity index (χ0v) is 16.6. The van der Waals surface area contributed by atoms with E-state index in [1.165, 1.54) is 5.56 Å². The van der Waals surface area contributed by atoms with Crippen LogP contribution in [0.3, 0.4) is 0 Å². The maximum Gasteiger partial charge on any atom is 0.255 e. The van der Waals surface area contributed by atoms with E-state index in [0.29, 0.717) is 25.1 Å². The van der Waals surface area contributed by atoms with Crippen LogP contribution in [-0.4, -0.2) is 28.7 Å². The number of hydrogen-bond acceptors (Lipinski definition) is 5. The number of carbonyl (C=O) groups excluding carboxylic acids is 3. The number of benzene rings is 2. The molecule has 1 unspecified atom stereocenters. The summed E-state index contributed by atoms with van der Waals surface area (Å²) in [5.74, 6) is -0.799. The molecule has 0 radical (unpaired) electrons. The molecule has 0 bridgehead atoms. The van der Waals surface area contributed by atoms with Gasteiger partial charge in [0.05, 0.1) is 0 Å². The third-order valence-corrected chi connectivity index (χ3v) is 6.41. The van der Waals surface area contributed by atoms with Crippen molar-refractivity contribution in [2.24, 2.45) is 0 Å². The number of nitrogens with one attached hydrogen (secondary N) is 2. The molecular weight excluding hydrogens is 380 g/mol. The van der Waals surface area contributed by atoms with E-state index in [1.807, 2.05) is 36.4 Å². The lowest BCUT2D eigenvalue weighted by Crippen LogP contribution is -2.52. The van der Waals surface area contributed by atoms with E-state index >= 15 is 0 Å². The summed E-state index contributed by atoms with van der Waals surface area (Å²) in [4.78, 5) is 38.0. The van der Waals surface area contributed by atoms with Gasteiger partial charge in [0, 0.05) is 36.3 Å². The molecule has 7 heteroatoms. The number of nitrogens with zero attached hydrogens (tertiary/aromatic N) is 1. The molecule has 4 N–H and O–H groups in total. The Balaban J connectivity index is 1.29. The van der Waals surface area contributed by atoms with Crippen molar-refractivity contribution in [1.82, 2.24) is 15.5 Å². The van der Waals surface area contributed by atoms with Crippen LogP contribution in [0, 0.1) is 0 Å². The van der Waals surface area contributed by atoms with Crippen molar-refractivity contribution in [1.29, 1.82) is 0 Å². The van der Waals surface area contributed by atoms with Crippen molar-refractivity contribution < 1.29 is 14.4 Å². The lowest BCUT2D eigenvalue weighted by Gasteiger charge is -2.29. The molecule has 3 aliphatic rings. The number of fused-ring (bicyclic) bond motifs is 1. The molecule has 1 saturated heterocycles. The first kappa shape index (κ1) is 18.8. The number of nitrogens with two attached hydrogens (primary N) is 1. The molecule has 3 amide bonds. The van der Waals surface area contributed by atoms with Crippen LogP contribution in [0.5, 0.6) is 0 Å². The van der Waals surface area contributed by atoms with E-state index in [-0.39, 0.29) is 29.7 Å². The van der Waals surface area contributed by atoms with Gasteiger partial charge in [0.25, 0.3) is 5.91 Å². The number of carbonyl (C=O) groups is 3. The van der Waals surface area contributed by atoms with Crippen LogP contribution in [0.1, 0.15) is 52.7 Å². The van der Waals surface area contributed by atoms with Gasteiger partial charge < -0.3 is 16.0 Å². The first-order chi connectivity index (χ1) is 14.4. The van der Waals surface area contributed by atoms with Crippen molar-refractivity contribution in [3.63, 3.8) is 0 Å². The van der Waals surface area contributed by atoms with E-state index in [4.69, 9.17) is 5.73 Å². The summed E-state index contributed by atoms with van der Waals surface area (Å²) in [5, 5.41) is 6.00. The zero-order valence-electron chi connectivity index (χ0n) is 16.6. The Morgan fingerprint density at radius 3 is 2.70 bits per heavy atom. The average molecular weight is 404 g/mol. The molecule has 0 aromatic heterocycles. The maximum absolute atomic E-state index is 12.8. The fourth-order valence-electron chi connectivity index (χ4n) is 4.54. The molecule has 2 heterocycles. The molecule has 2 aliphatic heterocycles. The van der Waals surface area contributed by atoms with Crippen LogP contribution >= 0.6 is 0 Å². The lowest BCUT2D eigenvalue weighted by molar-refractivity contribution is -0.136. The first-order valence-corrected chi connectivity index (χ1v) is 10.3. The van der Waals surface area contributed by atoms with Gasteiger partial charge in [-0.05, 0) is 54.2 Å². The maximum atomic E-state index is 12.8. The molecule has 7 nitrogen and oxygen atoms in total. The van der Waals surface area contributed by atoms with E-state index in [0.717, 1.165) is 29.7 Å². The molecule has 0 spiro atoms. The second kappa shape index (κ2) is 6.95. The topological polar surface area (TPSA) is 105 Å². The van der Waals surface area contributed by atoms with E-state index < -0.39 is 6.04 Å².